The standard InChI is InChI=1S/C4H6.C3H8.C2H6/c1-3-2-4(1)3;1-3-2;1-2/h3-4H,1-2H2;3H2,1-2H3;1-2H3. The molecule has 0 aliphatic heterocycles. The van der Waals surface area contributed by atoms with Crippen LogP contribution in [0.1, 0.15) is 47.0 Å². The summed E-state index contributed by atoms with van der Waals surface area (Å²) in [4.78, 5) is 0. The molecular weight excluding hydrogens is 108 g/mol. The predicted molar refractivity (Wildman–Crippen MR) is 43.5 cm³/mol. The van der Waals surface area contributed by atoms with Crippen molar-refractivity contribution in [3.63, 3.8) is 0 Å². The van der Waals surface area contributed by atoms with Crippen molar-refractivity contribution >= 4 is 0 Å². The van der Waals surface area contributed by atoms with Crippen molar-refractivity contribution in [2.75, 3.05) is 0 Å². The Hall–Kier alpha value is 0. The van der Waals surface area contributed by atoms with E-state index in [1.54, 1.807) is 12.8 Å². The zero-order chi connectivity index (χ0) is 7.28. The number of hydrogen-bond acceptors (Lipinski definition) is 0. The Morgan fingerprint density at radius 1 is 1.00 bits per heavy atom. The van der Waals surface area contributed by atoms with Crippen molar-refractivity contribution in [3.8, 4) is 0 Å². The van der Waals surface area contributed by atoms with Gasteiger partial charge in [0.1, 0.15) is 0 Å². The summed E-state index contributed by atoms with van der Waals surface area (Å²) in [6.07, 6.45) is 4.42. The highest BCUT2D eigenvalue weighted by Gasteiger charge is 2.52. The summed E-state index contributed by atoms with van der Waals surface area (Å²) in [5.74, 6) is 2.50. The van der Waals surface area contributed by atoms with E-state index in [0.29, 0.717) is 0 Å². The van der Waals surface area contributed by atoms with E-state index >= 15 is 0 Å². The fourth-order valence-corrected chi connectivity index (χ4v) is 0.552. The van der Waals surface area contributed by atoms with Crippen LogP contribution in [0.2, 0.25) is 0 Å². The van der Waals surface area contributed by atoms with Gasteiger partial charge >= 0.3 is 0 Å². The van der Waals surface area contributed by atoms with Gasteiger partial charge in [-0.2, -0.15) is 0 Å². The van der Waals surface area contributed by atoms with Crippen LogP contribution in [0.3, 0.4) is 0 Å². The van der Waals surface area contributed by atoms with Crippen LogP contribution in [0.25, 0.3) is 0 Å². The molecule has 2 rings (SSSR count). The topological polar surface area (TPSA) is 0 Å². The van der Waals surface area contributed by atoms with Crippen molar-refractivity contribution < 1.29 is 0 Å². The second-order valence-electron chi connectivity index (χ2n) is 2.70. The van der Waals surface area contributed by atoms with Crippen molar-refractivity contribution in [1.82, 2.24) is 0 Å². The van der Waals surface area contributed by atoms with Crippen LogP contribution in [0.15, 0.2) is 0 Å². The first-order chi connectivity index (χ1) is 4.38. The van der Waals surface area contributed by atoms with Crippen LogP contribution < -0.4 is 0 Å². The van der Waals surface area contributed by atoms with Gasteiger partial charge in [0.2, 0.25) is 0 Å². The lowest BCUT2D eigenvalue weighted by atomic mass is 10.5. The molecule has 0 heteroatoms. The quantitative estimate of drug-likeness (QED) is 0.468. The third-order valence-electron chi connectivity index (χ3n) is 1.47. The molecule has 0 nitrogen and oxygen atoms in total. The zero-order valence-corrected chi connectivity index (χ0v) is 7.28. The highest BCUT2D eigenvalue weighted by Crippen LogP contribution is 2.62. The SMILES string of the molecule is C1C2CC12.CC.CCC. The maximum absolute atomic E-state index is 2.12. The Kier molecular flexibility index (Phi) is 4.84. The van der Waals surface area contributed by atoms with E-state index in [4.69, 9.17) is 0 Å². The van der Waals surface area contributed by atoms with Gasteiger partial charge in [-0.1, -0.05) is 34.1 Å². The molecule has 2 fully saturated rings. The molecule has 0 spiro atoms. The fourth-order valence-electron chi connectivity index (χ4n) is 0.552. The van der Waals surface area contributed by atoms with E-state index in [1.807, 2.05) is 13.8 Å². The van der Waals surface area contributed by atoms with Crippen LogP contribution >= 0.6 is 0 Å². The Morgan fingerprint density at radius 2 is 1.11 bits per heavy atom. The third-order valence-corrected chi connectivity index (χ3v) is 1.47. The molecule has 0 saturated heterocycles. The van der Waals surface area contributed by atoms with Gasteiger partial charge in [0.15, 0.2) is 0 Å². The van der Waals surface area contributed by atoms with E-state index < -0.39 is 0 Å². The van der Waals surface area contributed by atoms with E-state index in [1.165, 1.54) is 18.3 Å². The fraction of sp³-hybridized carbons (Fsp3) is 1.00. The maximum Gasteiger partial charge on any atom is -0.0380 e. The largest absolute Gasteiger partial charge is 0.0683 e. The van der Waals surface area contributed by atoms with E-state index in [9.17, 15) is 0 Å². The van der Waals surface area contributed by atoms with Gasteiger partial charge in [-0.15, -0.1) is 0 Å². The summed E-state index contributed by atoms with van der Waals surface area (Å²) in [7, 11) is 0. The summed E-state index contributed by atoms with van der Waals surface area (Å²) in [6.45, 7) is 8.25. The second-order valence-corrected chi connectivity index (χ2v) is 2.70. The Morgan fingerprint density at radius 3 is 1.11 bits per heavy atom. The average Bonchev–Trinajstić information content (AvgIpc) is 2.54. The summed E-state index contributed by atoms with van der Waals surface area (Å²) < 4.78 is 0. The van der Waals surface area contributed by atoms with Gasteiger partial charge < -0.3 is 0 Å². The molecule has 0 heterocycles. The molecule has 2 saturated carbocycles. The molecule has 0 aromatic heterocycles. The first-order valence-corrected chi connectivity index (χ1v) is 4.38. The molecule has 2 aliphatic rings. The van der Waals surface area contributed by atoms with Crippen molar-refractivity contribution in [3.05, 3.63) is 0 Å². The van der Waals surface area contributed by atoms with Gasteiger partial charge in [-0.3, -0.25) is 0 Å². The summed E-state index contributed by atoms with van der Waals surface area (Å²) in [5, 5.41) is 0. The molecule has 0 bridgehead atoms. The van der Waals surface area contributed by atoms with Gasteiger partial charge in [-0.05, 0) is 24.7 Å². The van der Waals surface area contributed by atoms with Crippen molar-refractivity contribution in [2.24, 2.45) is 11.8 Å². The summed E-state index contributed by atoms with van der Waals surface area (Å²) >= 11 is 0. The molecular formula is C9H20. The normalized spacial score (nSPS) is 32.0. The van der Waals surface area contributed by atoms with Crippen LogP contribution in [-0.4, -0.2) is 0 Å². The Labute approximate surface area is 59.7 Å². The van der Waals surface area contributed by atoms with Gasteiger partial charge in [0.25, 0.3) is 0 Å². The highest BCUT2D eigenvalue weighted by molar-refractivity contribution is 5.02. The second kappa shape index (κ2) is 4.84. The minimum atomic E-state index is 1.25. The van der Waals surface area contributed by atoms with Crippen LogP contribution in [-0.2, 0) is 0 Å². The predicted octanol–water partition coefficient (Wildman–Crippen LogP) is 3.47. The molecule has 56 valence electrons. The number of fused-ring (bicyclic) bond motifs is 1. The molecule has 9 heavy (non-hydrogen) atoms. The van der Waals surface area contributed by atoms with Crippen molar-refractivity contribution in [2.45, 2.75) is 47.0 Å². The first-order valence-electron chi connectivity index (χ1n) is 4.38. The molecule has 0 amide bonds. The summed E-state index contributed by atoms with van der Waals surface area (Å²) in [6, 6.07) is 0. The molecule has 2 aliphatic carbocycles. The van der Waals surface area contributed by atoms with Gasteiger partial charge in [0.05, 0.1) is 0 Å². The number of rotatable bonds is 0. The Balaban J connectivity index is 0.000000118. The lowest BCUT2D eigenvalue weighted by Gasteiger charge is -1.60. The Bertz CT molecular complexity index is 45.1. The summed E-state index contributed by atoms with van der Waals surface area (Å²) in [5.41, 5.74) is 0. The minimum absolute atomic E-state index is 1.25. The van der Waals surface area contributed by atoms with E-state index in [-0.39, 0.29) is 0 Å². The van der Waals surface area contributed by atoms with Crippen LogP contribution in [0.5, 0.6) is 0 Å². The lowest BCUT2D eigenvalue weighted by molar-refractivity contribution is 0.915. The first kappa shape index (κ1) is 9.00. The molecule has 0 N–H and O–H groups in total. The van der Waals surface area contributed by atoms with Gasteiger partial charge in [-0.25, -0.2) is 0 Å². The smallest absolute Gasteiger partial charge is 0.0380 e. The minimum Gasteiger partial charge on any atom is -0.0683 e. The highest BCUT2D eigenvalue weighted by atomic mass is 14.6. The van der Waals surface area contributed by atoms with Crippen LogP contribution in [0, 0.1) is 11.8 Å². The third kappa shape index (κ3) is 4.50. The average molecular weight is 128 g/mol. The monoisotopic (exact) mass is 128 g/mol. The van der Waals surface area contributed by atoms with E-state index in [2.05, 4.69) is 13.8 Å². The molecule has 0 aromatic rings. The van der Waals surface area contributed by atoms with E-state index in [0.717, 1.165) is 0 Å². The molecule has 0 radical (unpaired) electrons. The lowest BCUT2D eigenvalue weighted by Crippen LogP contribution is -1.47. The number of hydrogen-bond donors (Lipinski definition) is 0. The van der Waals surface area contributed by atoms with Crippen molar-refractivity contribution in [1.29, 1.82) is 0 Å². The maximum atomic E-state index is 2.12. The van der Waals surface area contributed by atoms with Gasteiger partial charge in [0, 0.05) is 0 Å². The molecule has 0 atom stereocenters. The van der Waals surface area contributed by atoms with Crippen LogP contribution in [0.4, 0.5) is 0 Å². The molecule has 0 aromatic carbocycles. The molecule has 0 unspecified atom stereocenters. The zero-order valence-electron chi connectivity index (χ0n) is 7.28.